The number of hydrogen-bond acceptors (Lipinski definition) is 2. The zero-order valence-electron chi connectivity index (χ0n) is 12.5. The molecule has 0 amide bonds. The molecular formula is C17H11F4NO2S. The van der Waals surface area contributed by atoms with Gasteiger partial charge in [-0.05, 0) is 23.6 Å². The Kier molecular flexibility index (Phi) is 4.16. The fourth-order valence-electron chi connectivity index (χ4n) is 2.46. The lowest BCUT2D eigenvalue weighted by molar-refractivity contribution is -0.139. The van der Waals surface area contributed by atoms with E-state index in [9.17, 15) is 26.0 Å². The van der Waals surface area contributed by atoms with Crippen LogP contribution in [0, 0.1) is 5.82 Å². The summed E-state index contributed by atoms with van der Waals surface area (Å²) >= 11 is 0. The number of halogens is 4. The molecular weight excluding hydrogens is 358 g/mol. The third kappa shape index (κ3) is 3.30. The summed E-state index contributed by atoms with van der Waals surface area (Å²) in [5, 5.41) is 1.01. The van der Waals surface area contributed by atoms with Crippen LogP contribution in [0.15, 0.2) is 65.6 Å². The number of anilines is 1. The van der Waals surface area contributed by atoms with Crippen LogP contribution in [0.2, 0.25) is 0 Å². The molecule has 130 valence electrons. The van der Waals surface area contributed by atoms with Gasteiger partial charge in [0.05, 0.1) is 16.1 Å². The SMILES string of the molecule is O=S(=O)(Nc1cccc(C(F)(F)F)c1F)c1cccc2ccccc12. The van der Waals surface area contributed by atoms with E-state index >= 15 is 0 Å². The maximum Gasteiger partial charge on any atom is 0.419 e. The first-order valence-corrected chi connectivity index (χ1v) is 8.55. The second kappa shape index (κ2) is 6.03. The van der Waals surface area contributed by atoms with E-state index in [1.165, 1.54) is 12.1 Å². The van der Waals surface area contributed by atoms with Gasteiger partial charge in [-0.15, -0.1) is 0 Å². The van der Waals surface area contributed by atoms with Crippen LogP contribution in [-0.4, -0.2) is 8.42 Å². The molecule has 0 aliphatic carbocycles. The number of fused-ring (bicyclic) bond motifs is 1. The van der Waals surface area contributed by atoms with Crippen molar-refractivity contribution in [2.75, 3.05) is 4.72 Å². The fraction of sp³-hybridized carbons (Fsp3) is 0.0588. The monoisotopic (exact) mass is 369 g/mol. The molecule has 0 heterocycles. The molecule has 3 aromatic rings. The summed E-state index contributed by atoms with van der Waals surface area (Å²) in [6.07, 6.45) is -4.93. The first-order valence-electron chi connectivity index (χ1n) is 7.06. The van der Waals surface area contributed by atoms with E-state index in [1.54, 1.807) is 30.3 Å². The maximum absolute atomic E-state index is 14.1. The zero-order chi connectivity index (χ0) is 18.2. The molecule has 0 radical (unpaired) electrons. The highest BCUT2D eigenvalue weighted by Crippen LogP contribution is 2.35. The molecule has 0 aliphatic heterocycles. The topological polar surface area (TPSA) is 46.2 Å². The third-order valence-corrected chi connectivity index (χ3v) is 5.01. The van der Waals surface area contributed by atoms with Crippen LogP contribution in [0.25, 0.3) is 10.8 Å². The van der Waals surface area contributed by atoms with E-state index in [4.69, 9.17) is 0 Å². The first-order chi connectivity index (χ1) is 11.7. The molecule has 8 heteroatoms. The Morgan fingerprint density at radius 2 is 1.48 bits per heavy atom. The van der Waals surface area contributed by atoms with Gasteiger partial charge < -0.3 is 0 Å². The Morgan fingerprint density at radius 3 is 2.20 bits per heavy atom. The van der Waals surface area contributed by atoms with Crippen molar-refractivity contribution in [3.63, 3.8) is 0 Å². The molecule has 0 aliphatic rings. The molecule has 0 bridgehead atoms. The van der Waals surface area contributed by atoms with Crippen LogP contribution in [0.4, 0.5) is 23.2 Å². The summed E-state index contributed by atoms with van der Waals surface area (Å²) in [6.45, 7) is 0. The smallest absolute Gasteiger partial charge is 0.277 e. The predicted molar refractivity (Wildman–Crippen MR) is 86.2 cm³/mol. The van der Waals surface area contributed by atoms with Gasteiger partial charge >= 0.3 is 6.18 Å². The van der Waals surface area contributed by atoms with Gasteiger partial charge in [0.1, 0.15) is 0 Å². The largest absolute Gasteiger partial charge is 0.419 e. The summed E-state index contributed by atoms with van der Waals surface area (Å²) in [5.41, 5.74) is -2.30. The van der Waals surface area contributed by atoms with E-state index in [-0.39, 0.29) is 4.90 Å². The Hall–Kier alpha value is -2.61. The quantitative estimate of drug-likeness (QED) is 0.674. The highest BCUT2D eigenvalue weighted by molar-refractivity contribution is 7.93. The lowest BCUT2D eigenvalue weighted by Crippen LogP contribution is -2.16. The number of nitrogens with one attached hydrogen (secondary N) is 1. The molecule has 1 N–H and O–H groups in total. The van der Waals surface area contributed by atoms with Crippen molar-refractivity contribution in [3.05, 3.63) is 72.0 Å². The van der Waals surface area contributed by atoms with Crippen molar-refractivity contribution >= 4 is 26.5 Å². The number of sulfonamides is 1. The normalized spacial score (nSPS) is 12.3. The van der Waals surface area contributed by atoms with Gasteiger partial charge in [-0.3, -0.25) is 4.72 Å². The summed E-state index contributed by atoms with van der Waals surface area (Å²) in [6, 6.07) is 13.5. The van der Waals surface area contributed by atoms with E-state index < -0.39 is 33.3 Å². The average Bonchev–Trinajstić information content (AvgIpc) is 2.55. The van der Waals surface area contributed by atoms with E-state index in [1.807, 2.05) is 4.72 Å². The summed E-state index contributed by atoms with van der Waals surface area (Å²) in [4.78, 5) is -0.151. The van der Waals surface area contributed by atoms with Crippen molar-refractivity contribution in [1.82, 2.24) is 0 Å². The second-order valence-electron chi connectivity index (χ2n) is 5.25. The van der Waals surface area contributed by atoms with E-state index in [2.05, 4.69) is 0 Å². The molecule has 0 fully saturated rings. The van der Waals surface area contributed by atoms with Crippen LogP contribution < -0.4 is 4.72 Å². The highest BCUT2D eigenvalue weighted by atomic mass is 32.2. The molecule has 0 unspecified atom stereocenters. The number of alkyl halides is 3. The van der Waals surface area contributed by atoms with Gasteiger partial charge in [0.15, 0.2) is 5.82 Å². The van der Waals surface area contributed by atoms with Crippen molar-refractivity contribution in [3.8, 4) is 0 Å². The molecule has 0 saturated heterocycles. The lowest BCUT2D eigenvalue weighted by Gasteiger charge is -2.14. The lowest BCUT2D eigenvalue weighted by atomic mass is 10.1. The molecule has 3 rings (SSSR count). The number of hydrogen-bond donors (Lipinski definition) is 1. The van der Waals surface area contributed by atoms with E-state index in [0.717, 1.165) is 12.1 Å². The third-order valence-electron chi connectivity index (χ3n) is 3.59. The van der Waals surface area contributed by atoms with Crippen molar-refractivity contribution in [1.29, 1.82) is 0 Å². The van der Waals surface area contributed by atoms with Gasteiger partial charge in [-0.2, -0.15) is 13.2 Å². The molecule has 3 nitrogen and oxygen atoms in total. The Labute approximate surface area is 141 Å². The van der Waals surface area contributed by atoms with Gasteiger partial charge in [0.25, 0.3) is 10.0 Å². The molecule has 0 aromatic heterocycles. The Morgan fingerprint density at radius 1 is 0.840 bits per heavy atom. The van der Waals surface area contributed by atoms with Crippen molar-refractivity contribution in [2.24, 2.45) is 0 Å². The van der Waals surface area contributed by atoms with Gasteiger partial charge in [-0.1, -0.05) is 42.5 Å². The summed E-state index contributed by atoms with van der Waals surface area (Å²) in [7, 11) is -4.28. The predicted octanol–water partition coefficient (Wildman–Crippen LogP) is 4.80. The van der Waals surface area contributed by atoms with Crippen LogP contribution in [0.1, 0.15) is 5.56 Å². The molecule has 3 aromatic carbocycles. The average molecular weight is 369 g/mol. The van der Waals surface area contributed by atoms with Crippen LogP contribution in [-0.2, 0) is 16.2 Å². The zero-order valence-corrected chi connectivity index (χ0v) is 13.3. The minimum atomic E-state index is -4.93. The number of rotatable bonds is 3. The first kappa shape index (κ1) is 17.2. The molecule has 25 heavy (non-hydrogen) atoms. The maximum atomic E-state index is 14.1. The summed E-state index contributed by atoms with van der Waals surface area (Å²) < 4.78 is 79.5. The van der Waals surface area contributed by atoms with Crippen molar-refractivity contribution < 1.29 is 26.0 Å². The standard InChI is InChI=1S/C17H11F4NO2S/c18-16-13(17(19,20)21)8-4-9-14(16)22-25(23,24)15-10-3-6-11-5-1-2-7-12(11)15/h1-10,22H. The van der Waals surface area contributed by atoms with Crippen molar-refractivity contribution in [2.45, 2.75) is 11.1 Å². The van der Waals surface area contributed by atoms with Crippen LogP contribution >= 0.6 is 0 Å². The summed E-state index contributed by atoms with van der Waals surface area (Å²) in [5.74, 6) is -1.67. The Bertz CT molecular complexity index is 1040. The Balaban J connectivity index is 2.09. The second-order valence-corrected chi connectivity index (χ2v) is 6.90. The molecule has 0 atom stereocenters. The van der Waals surface area contributed by atoms with Gasteiger partial charge in [0.2, 0.25) is 0 Å². The van der Waals surface area contributed by atoms with Crippen LogP contribution in [0.3, 0.4) is 0 Å². The highest BCUT2D eigenvalue weighted by Gasteiger charge is 2.35. The minimum Gasteiger partial charge on any atom is -0.277 e. The number of benzene rings is 3. The van der Waals surface area contributed by atoms with E-state index in [0.29, 0.717) is 16.8 Å². The van der Waals surface area contributed by atoms with Gasteiger partial charge in [0, 0.05) is 5.39 Å². The van der Waals surface area contributed by atoms with Crippen LogP contribution in [0.5, 0.6) is 0 Å². The fourth-order valence-corrected chi connectivity index (χ4v) is 3.75. The molecule has 0 spiro atoms. The van der Waals surface area contributed by atoms with Gasteiger partial charge in [-0.25, -0.2) is 12.8 Å². The molecule has 0 saturated carbocycles. The minimum absolute atomic E-state index is 0.151.